The maximum absolute atomic E-state index is 12.3. The first-order chi connectivity index (χ1) is 15.8. The van der Waals surface area contributed by atoms with Crippen molar-refractivity contribution >= 4 is 22.9 Å². The summed E-state index contributed by atoms with van der Waals surface area (Å²) in [5, 5.41) is 11.3. The Bertz CT molecular complexity index is 1410. The van der Waals surface area contributed by atoms with Crippen LogP contribution in [0.2, 0.25) is 0 Å². The van der Waals surface area contributed by atoms with Gasteiger partial charge in [0.05, 0.1) is 11.9 Å². The third-order valence-corrected chi connectivity index (χ3v) is 5.10. The minimum absolute atomic E-state index is 0.300. The molecule has 2 aromatic heterocycles. The van der Waals surface area contributed by atoms with Gasteiger partial charge in [0.2, 0.25) is 0 Å². The van der Waals surface area contributed by atoms with E-state index in [0.717, 1.165) is 27.9 Å². The summed E-state index contributed by atoms with van der Waals surface area (Å²) in [6.45, 7) is 0. The summed E-state index contributed by atoms with van der Waals surface area (Å²) < 4.78 is 1.82. The largest absolute Gasteiger partial charge is 0.271 e. The molecule has 32 heavy (non-hydrogen) atoms. The Morgan fingerprint density at radius 1 is 0.875 bits per heavy atom. The summed E-state index contributed by atoms with van der Waals surface area (Å²) in [6, 6.07) is 27.6. The summed E-state index contributed by atoms with van der Waals surface area (Å²) in [4.78, 5) is 16.2. The van der Waals surface area contributed by atoms with Crippen LogP contribution in [0.15, 0.2) is 109 Å². The van der Waals surface area contributed by atoms with Crippen LogP contribution in [-0.4, -0.2) is 26.9 Å². The van der Waals surface area contributed by atoms with E-state index in [9.17, 15) is 4.79 Å². The Labute approximate surface area is 184 Å². The van der Waals surface area contributed by atoms with E-state index in [4.69, 9.17) is 5.10 Å². The third-order valence-electron chi connectivity index (χ3n) is 5.10. The molecule has 1 N–H and O–H groups in total. The van der Waals surface area contributed by atoms with Gasteiger partial charge in [0.25, 0.3) is 5.91 Å². The molecular weight excluding hydrogens is 398 g/mol. The number of fused-ring (bicyclic) bond motifs is 1. The molecule has 0 aliphatic heterocycles. The lowest BCUT2D eigenvalue weighted by molar-refractivity contribution is 0.0955. The van der Waals surface area contributed by atoms with Crippen molar-refractivity contribution in [2.24, 2.45) is 5.10 Å². The zero-order chi connectivity index (χ0) is 21.8. The number of rotatable bonds is 5. The van der Waals surface area contributed by atoms with Crippen LogP contribution in [0.5, 0.6) is 0 Å². The number of carbonyl (C=O) groups excluding carboxylic acids is 1. The van der Waals surface area contributed by atoms with Gasteiger partial charge >= 0.3 is 0 Å². The molecule has 0 saturated heterocycles. The Balaban J connectivity index is 1.51. The molecule has 6 heteroatoms. The van der Waals surface area contributed by atoms with Crippen molar-refractivity contribution < 1.29 is 4.79 Å². The lowest BCUT2D eigenvalue weighted by Crippen LogP contribution is -2.17. The van der Waals surface area contributed by atoms with Crippen molar-refractivity contribution in [1.29, 1.82) is 0 Å². The number of hydrogen-bond donors (Lipinski definition) is 1. The second-order valence-electron chi connectivity index (χ2n) is 7.21. The predicted molar refractivity (Wildman–Crippen MR) is 126 cm³/mol. The quantitative estimate of drug-likeness (QED) is 0.328. The normalized spacial score (nSPS) is 11.1. The maximum Gasteiger partial charge on any atom is 0.271 e. The monoisotopic (exact) mass is 417 g/mol. The number of pyridine rings is 1. The molecule has 0 saturated carbocycles. The average molecular weight is 417 g/mol. The van der Waals surface area contributed by atoms with Crippen LogP contribution in [-0.2, 0) is 0 Å². The molecule has 0 bridgehead atoms. The van der Waals surface area contributed by atoms with E-state index in [0.29, 0.717) is 5.56 Å². The van der Waals surface area contributed by atoms with Crippen LogP contribution in [0.3, 0.4) is 0 Å². The van der Waals surface area contributed by atoms with Gasteiger partial charge in [-0.05, 0) is 41.1 Å². The molecule has 6 nitrogen and oxygen atoms in total. The summed E-state index contributed by atoms with van der Waals surface area (Å²) in [5.74, 6) is -0.300. The molecule has 2 heterocycles. The molecular formula is C26H19N5O. The highest BCUT2D eigenvalue weighted by molar-refractivity contribution is 5.96. The van der Waals surface area contributed by atoms with E-state index < -0.39 is 0 Å². The average Bonchev–Trinajstić information content (AvgIpc) is 3.29. The number of nitrogens with one attached hydrogen (secondary N) is 1. The highest BCUT2D eigenvalue weighted by atomic mass is 16.2. The minimum Gasteiger partial charge on any atom is -0.267 e. The van der Waals surface area contributed by atoms with Crippen molar-refractivity contribution in [2.45, 2.75) is 0 Å². The van der Waals surface area contributed by atoms with Crippen molar-refractivity contribution in [1.82, 2.24) is 20.2 Å². The first-order valence-electron chi connectivity index (χ1n) is 10.2. The fourth-order valence-corrected chi connectivity index (χ4v) is 3.48. The van der Waals surface area contributed by atoms with Gasteiger partial charge in [0.1, 0.15) is 5.69 Å². The molecule has 0 radical (unpaired) electrons. The minimum atomic E-state index is -0.300. The van der Waals surface area contributed by atoms with Crippen LogP contribution in [0.4, 0.5) is 0 Å². The lowest BCUT2D eigenvalue weighted by atomic mass is 10.0. The summed E-state index contributed by atoms with van der Waals surface area (Å²) in [6.07, 6.45) is 6.67. The number of para-hydroxylation sites is 1. The second-order valence-corrected chi connectivity index (χ2v) is 7.21. The Morgan fingerprint density at radius 3 is 2.44 bits per heavy atom. The number of aromatic nitrogens is 3. The zero-order valence-corrected chi connectivity index (χ0v) is 17.1. The van der Waals surface area contributed by atoms with Crippen LogP contribution in [0, 0.1) is 0 Å². The van der Waals surface area contributed by atoms with Crippen molar-refractivity contribution in [3.05, 3.63) is 115 Å². The maximum atomic E-state index is 12.3. The molecule has 5 rings (SSSR count). The number of amides is 1. The molecule has 0 spiro atoms. The van der Waals surface area contributed by atoms with Gasteiger partial charge in [0, 0.05) is 35.3 Å². The predicted octanol–water partition coefficient (Wildman–Crippen LogP) is 4.85. The molecule has 154 valence electrons. The Hall–Kier alpha value is -4.58. The highest BCUT2D eigenvalue weighted by Crippen LogP contribution is 2.26. The number of nitrogens with zero attached hydrogens (tertiary/aromatic N) is 4. The standard InChI is InChI=1S/C26H19N5O/c32-26(20-12-14-27-15-13-20)29-28-17-23-18-31(24-8-2-1-3-9-24)30-25(23)22-11-10-19-6-4-5-7-21(19)16-22/h1-18H,(H,29,32)/b28-17+. The van der Waals surface area contributed by atoms with Gasteiger partial charge in [-0.2, -0.15) is 10.2 Å². The van der Waals surface area contributed by atoms with Crippen LogP contribution < -0.4 is 5.43 Å². The van der Waals surface area contributed by atoms with E-state index in [1.54, 1.807) is 30.7 Å². The van der Waals surface area contributed by atoms with Gasteiger partial charge in [-0.15, -0.1) is 0 Å². The molecule has 5 aromatic rings. The molecule has 3 aromatic carbocycles. The first-order valence-corrected chi connectivity index (χ1v) is 10.2. The Morgan fingerprint density at radius 2 is 1.62 bits per heavy atom. The number of hydrogen-bond acceptors (Lipinski definition) is 4. The third kappa shape index (κ3) is 4.02. The van der Waals surface area contributed by atoms with Gasteiger partial charge < -0.3 is 0 Å². The van der Waals surface area contributed by atoms with Crippen LogP contribution >= 0.6 is 0 Å². The van der Waals surface area contributed by atoms with Gasteiger partial charge in [-0.25, -0.2) is 10.1 Å². The smallest absolute Gasteiger partial charge is 0.267 e. The fraction of sp³-hybridized carbons (Fsp3) is 0. The summed E-state index contributed by atoms with van der Waals surface area (Å²) in [7, 11) is 0. The summed E-state index contributed by atoms with van der Waals surface area (Å²) >= 11 is 0. The van der Waals surface area contributed by atoms with Gasteiger partial charge in [-0.3, -0.25) is 9.78 Å². The molecule has 0 atom stereocenters. The zero-order valence-electron chi connectivity index (χ0n) is 17.1. The summed E-state index contributed by atoms with van der Waals surface area (Å²) in [5.41, 5.74) is 6.55. The van der Waals surface area contributed by atoms with E-state index >= 15 is 0 Å². The second kappa shape index (κ2) is 8.65. The molecule has 0 unspecified atom stereocenters. The molecule has 1 amide bonds. The Kier molecular flexibility index (Phi) is 5.24. The number of carbonyl (C=O) groups is 1. The van der Waals surface area contributed by atoms with Gasteiger partial charge in [0.15, 0.2) is 0 Å². The van der Waals surface area contributed by atoms with E-state index in [1.165, 1.54) is 5.39 Å². The van der Waals surface area contributed by atoms with Gasteiger partial charge in [-0.1, -0.05) is 54.6 Å². The van der Waals surface area contributed by atoms with E-state index in [2.05, 4.69) is 39.8 Å². The highest BCUT2D eigenvalue weighted by Gasteiger charge is 2.12. The van der Waals surface area contributed by atoms with Crippen LogP contribution in [0.1, 0.15) is 15.9 Å². The van der Waals surface area contributed by atoms with Crippen molar-refractivity contribution in [3.63, 3.8) is 0 Å². The lowest BCUT2D eigenvalue weighted by Gasteiger charge is -2.03. The van der Waals surface area contributed by atoms with E-state index in [1.807, 2.05) is 59.4 Å². The molecule has 0 aliphatic carbocycles. The SMILES string of the molecule is O=C(N/N=C/c1cn(-c2ccccc2)nc1-c1ccc2ccccc2c1)c1ccncc1. The fourth-order valence-electron chi connectivity index (χ4n) is 3.48. The number of benzene rings is 3. The van der Waals surface area contributed by atoms with Crippen molar-refractivity contribution in [2.75, 3.05) is 0 Å². The van der Waals surface area contributed by atoms with E-state index in [-0.39, 0.29) is 5.91 Å². The molecule has 0 fully saturated rings. The first kappa shape index (κ1) is 19.4. The molecule has 0 aliphatic rings. The van der Waals surface area contributed by atoms with Crippen LogP contribution in [0.25, 0.3) is 27.7 Å². The van der Waals surface area contributed by atoms with Crippen molar-refractivity contribution in [3.8, 4) is 16.9 Å². The number of hydrazone groups is 1. The topological polar surface area (TPSA) is 72.2 Å².